The van der Waals surface area contributed by atoms with E-state index in [-0.39, 0.29) is 6.04 Å². The average molecular weight is 393 g/mol. The van der Waals surface area contributed by atoms with E-state index in [9.17, 15) is 0 Å². The summed E-state index contributed by atoms with van der Waals surface area (Å²) < 4.78 is 1.33. The Hall–Kier alpha value is -0.910. The van der Waals surface area contributed by atoms with Crippen LogP contribution in [-0.2, 0) is 0 Å². The van der Waals surface area contributed by atoms with Gasteiger partial charge in [-0.3, -0.25) is 0 Å². The second kappa shape index (κ2) is 5.84. The smallest absolute Gasteiger partial charge is 0.0656 e. The topological polar surface area (TPSA) is 12.0 Å². The Kier molecular flexibility index (Phi) is 4.10. The van der Waals surface area contributed by atoms with Crippen molar-refractivity contribution in [2.45, 2.75) is 13.0 Å². The van der Waals surface area contributed by atoms with Gasteiger partial charge in [0.1, 0.15) is 0 Å². The summed E-state index contributed by atoms with van der Waals surface area (Å²) in [5.74, 6) is 0. The van der Waals surface area contributed by atoms with Gasteiger partial charge in [-0.05, 0) is 75.5 Å². The van der Waals surface area contributed by atoms with Crippen LogP contribution in [0.1, 0.15) is 22.7 Å². The Morgan fingerprint density at radius 3 is 2.65 bits per heavy atom. The maximum atomic E-state index is 3.48. The van der Waals surface area contributed by atoms with Crippen LogP contribution in [0.25, 0.3) is 10.8 Å². The molecule has 0 fully saturated rings. The van der Waals surface area contributed by atoms with Crippen molar-refractivity contribution in [2.24, 2.45) is 0 Å². The van der Waals surface area contributed by atoms with Gasteiger partial charge in [-0.2, -0.15) is 0 Å². The molecule has 102 valence electrons. The number of thiophene rings is 1. The van der Waals surface area contributed by atoms with Crippen LogP contribution in [0.5, 0.6) is 0 Å². The molecule has 0 aliphatic rings. The predicted molar refractivity (Wildman–Crippen MR) is 96.6 cm³/mol. The minimum absolute atomic E-state index is 0.251. The Morgan fingerprint density at radius 1 is 1.15 bits per heavy atom. The van der Waals surface area contributed by atoms with Gasteiger partial charge in [-0.15, -0.1) is 11.3 Å². The van der Waals surface area contributed by atoms with Crippen molar-refractivity contribution in [3.8, 4) is 0 Å². The van der Waals surface area contributed by atoms with Crippen LogP contribution >= 0.6 is 33.9 Å². The molecule has 0 amide bonds. The van der Waals surface area contributed by atoms with Crippen LogP contribution in [0.3, 0.4) is 0 Å². The van der Waals surface area contributed by atoms with E-state index in [0.717, 1.165) is 0 Å². The molecule has 3 aromatic rings. The molecule has 0 saturated heterocycles. The number of rotatable bonds is 3. The zero-order chi connectivity index (χ0) is 14.1. The van der Waals surface area contributed by atoms with Crippen molar-refractivity contribution >= 4 is 44.7 Å². The third-order valence-corrected chi connectivity index (χ3v) is 5.49. The summed E-state index contributed by atoms with van der Waals surface area (Å²) in [7, 11) is 2.04. The normalized spacial score (nSPS) is 12.8. The molecule has 20 heavy (non-hydrogen) atoms. The van der Waals surface area contributed by atoms with Gasteiger partial charge >= 0.3 is 0 Å². The SMILES string of the molecule is CNC(c1csc(I)c1)c1c(C)ccc2ccccc12. The fourth-order valence-corrected chi connectivity index (χ4v) is 4.14. The molecule has 1 N–H and O–H groups in total. The number of fused-ring (bicyclic) bond motifs is 1. The summed E-state index contributed by atoms with van der Waals surface area (Å²) >= 11 is 4.19. The van der Waals surface area contributed by atoms with Crippen LogP contribution in [0.15, 0.2) is 47.8 Å². The van der Waals surface area contributed by atoms with Gasteiger partial charge in [0.25, 0.3) is 0 Å². The highest BCUT2D eigenvalue weighted by molar-refractivity contribution is 14.1. The molecule has 1 atom stereocenters. The molecule has 2 aromatic carbocycles. The van der Waals surface area contributed by atoms with Crippen molar-refractivity contribution in [1.29, 1.82) is 0 Å². The molecule has 0 aliphatic heterocycles. The van der Waals surface area contributed by atoms with Crippen LogP contribution in [-0.4, -0.2) is 7.05 Å². The molecular formula is C17H16INS. The molecule has 0 aliphatic carbocycles. The highest BCUT2D eigenvalue weighted by Gasteiger charge is 2.18. The molecule has 0 radical (unpaired) electrons. The van der Waals surface area contributed by atoms with Crippen molar-refractivity contribution in [3.63, 3.8) is 0 Å². The first-order valence-electron chi connectivity index (χ1n) is 6.60. The van der Waals surface area contributed by atoms with Gasteiger partial charge in [-0.25, -0.2) is 0 Å². The predicted octanol–water partition coefficient (Wildman–Crippen LogP) is 5.12. The van der Waals surface area contributed by atoms with Crippen molar-refractivity contribution in [1.82, 2.24) is 5.32 Å². The summed E-state index contributed by atoms with van der Waals surface area (Å²) in [6, 6.07) is 15.6. The van der Waals surface area contributed by atoms with E-state index >= 15 is 0 Å². The minimum Gasteiger partial charge on any atom is -0.309 e. The van der Waals surface area contributed by atoms with E-state index in [1.807, 2.05) is 7.05 Å². The fraction of sp³-hybridized carbons (Fsp3) is 0.176. The molecule has 1 nitrogen and oxygen atoms in total. The van der Waals surface area contributed by atoms with Crippen LogP contribution in [0.4, 0.5) is 0 Å². The second-order valence-corrected chi connectivity index (χ2v) is 7.73. The van der Waals surface area contributed by atoms with Gasteiger partial charge in [0.05, 0.1) is 8.93 Å². The number of halogens is 1. The highest BCUT2D eigenvalue weighted by atomic mass is 127. The monoisotopic (exact) mass is 393 g/mol. The second-order valence-electron chi connectivity index (χ2n) is 4.92. The molecule has 3 rings (SSSR count). The summed E-state index contributed by atoms with van der Waals surface area (Å²) in [6.07, 6.45) is 0. The Labute approximate surface area is 137 Å². The number of benzene rings is 2. The summed E-state index contributed by atoms with van der Waals surface area (Å²) in [5.41, 5.74) is 4.07. The summed E-state index contributed by atoms with van der Waals surface area (Å²) in [4.78, 5) is 0. The van der Waals surface area contributed by atoms with Gasteiger partial charge in [0, 0.05) is 0 Å². The van der Waals surface area contributed by atoms with Crippen molar-refractivity contribution < 1.29 is 0 Å². The number of aryl methyl sites for hydroxylation is 1. The Morgan fingerprint density at radius 2 is 1.95 bits per heavy atom. The van der Waals surface area contributed by atoms with Crippen molar-refractivity contribution in [3.05, 3.63) is 67.4 Å². The summed E-state index contributed by atoms with van der Waals surface area (Å²) in [5, 5.41) is 8.38. The Bertz CT molecular complexity index is 748. The standard InChI is InChI=1S/C17H16INS/c1-11-7-8-12-5-3-4-6-14(12)16(11)17(19-2)13-9-15(18)20-10-13/h3-10,17,19H,1-2H3. The lowest BCUT2D eigenvalue weighted by Crippen LogP contribution is -2.18. The summed E-state index contributed by atoms with van der Waals surface area (Å²) in [6.45, 7) is 2.20. The van der Waals surface area contributed by atoms with E-state index in [1.54, 1.807) is 11.3 Å². The first kappa shape index (κ1) is 14.0. The van der Waals surface area contributed by atoms with Crippen LogP contribution in [0.2, 0.25) is 0 Å². The van der Waals surface area contributed by atoms with Gasteiger partial charge < -0.3 is 5.32 Å². The maximum absolute atomic E-state index is 3.48. The molecule has 1 aromatic heterocycles. The zero-order valence-corrected chi connectivity index (χ0v) is 14.5. The largest absolute Gasteiger partial charge is 0.309 e. The third kappa shape index (κ3) is 2.50. The lowest BCUT2D eigenvalue weighted by Gasteiger charge is -2.20. The average Bonchev–Trinajstić information content (AvgIpc) is 2.88. The molecular weight excluding hydrogens is 377 g/mol. The van der Waals surface area contributed by atoms with Gasteiger partial charge in [-0.1, -0.05) is 36.4 Å². The van der Waals surface area contributed by atoms with Crippen LogP contribution in [0, 0.1) is 9.81 Å². The van der Waals surface area contributed by atoms with Crippen molar-refractivity contribution in [2.75, 3.05) is 7.05 Å². The maximum Gasteiger partial charge on any atom is 0.0656 e. The van der Waals surface area contributed by atoms with E-state index in [0.29, 0.717) is 0 Å². The molecule has 1 unspecified atom stereocenters. The van der Waals surface area contributed by atoms with Gasteiger partial charge in [0.15, 0.2) is 0 Å². The molecule has 0 bridgehead atoms. The zero-order valence-electron chi connectivity index (χ0n) is 11.5. The quantitative estimate of drug-likeness (QED) is 0.609. The van der Waals surface area contributed by atoms with E-state index in [1.165, 1.54) is 30.3 Å². The number of nitrogens with one attached hydrogen (secondary N) is 1. The first-order chi connectivity index (χ1) is 9.70. The molecule has 1 heterocycles. The number of hydrogen-bond donors (Lipinski definition) is 1. The minimum atomic E-state index is 0.251. The molecule has 0 spiro atoms. The third-order valence-electron chi connectivity index (χ3n) is 3.69. The molecule has 0 saturated carbocycles. The molecule has 3 heteroatoms. The fourth-order valence-electron chi connectivity index (χ4n) is 2.74. The van der Waals surface area contributed by atoms with E-state index in [2.05, 4.69) is 82.7 Å². The lowest BCUT2D eigenvalue weighted by atomic mass is 9.91. The first-order valence-corrected chi connectivity index (χ1v) is 8.56. The Balaban J connectivity index is 2.23. The lowest BCUT2D eigenvalue weighted by molar-refractivity contribution is 0.695. The highest BCUT2D eigenvalue weighted by Crippen LogP contribution is 2.33. The van der Waals surface area contributed by atoms with Crippen LogP contribution < -0.4 is 5.32 Å². The van der Waals surface area contributed by atoms with E-state index < -0.39 is 0 Å². The number of hydrogen-bond acceptors (Lipinski definition) is 2. The van der Waals surface area contributed by atoms with E-state index in [4.69, 9.17) is 0 Å². The van der Waals surface area contributed by atoms with Gasteiger partial charge in [0.2, 0.25) is 0 Å².